The molecule has 0 atom stereocenters. The Balaban J connectivity index is 1.84. The summed E-state index contributed by atoms with van der Waals surface area (Å²) >= 11 is 11.7. The first-order valence-corrected chi connectivity index (χ1v) is 7.94. The third-order valence-corrected chi connectivity index (χ3v) is 4.08. The van der Waals surface area contributed by atoms with Gasteiger partial charge < -0.3 is 9.88 Å². The number of hydrogen-bond acceptors (Lipinski definition) is 4. The van der Waals surface area contributed by atoms with Crippen LogP contribution in [0.4, 0.5) is 5.69 Å². The molecule has 0 saturated heterocycles. The summed E-state index contributed by atoms with van der Waals surface area (Å²) in [6, 6.07) is 8.85. The Morgan fingerprint density at radius 2 is 2.12 bits per heavy atom. The molecule has 2 aromatic heterocycles. The van der Waals surface area contributed by atoms with E-state index in [4.69, 9.17) is 23.2 Å². The van der Waals surface area contributed by atoms with Gasteiger partial charge in [-0.15, -0.1) is 10.2 Å². The van der Waals surface area contributed by atoms with Crippen LogP contribution in [-0.2, 0) is 6.54 Å². The number of anilines is 1. The number of hydrogen-bond donors (Lipinski definition) is 1. The van der Waals surface area contributed by atoms with Crippen molar-refractivity contribution in [1.29, 1.82) is 0 Å². The van der Waals surface area contributed by atoms with Crippen LogP contribution < -0.4 is 5.32 Å². The Hall–Kier alpha value is -2.44. The van der Waals surface area contributed by atoms with E-state index in [2.05, 4.69) is 20.5 Å². The molecule has 0 radical (unpaired) electrons. The molecule has 6 nitrogen and oxygen atoms in total. The summed E-state index contributed by atoms with van der Waals surface area (Å²) in [7, 11) is 0. The van der Waals surface area contributed by atoms with Crippen LogP contribution in [0.25, 0.3) is 11.4 Å². The molecule has 0 fully saturated rings. The largest absolute Gasteiger partial charge is 0.322 e. The van der Waals surface area contributed by atoms with Gasteiger partial charge in [0.15, 0.2) is 5.82 Å². The quantitative estimate of drug-likeness (QED) is 0.714. The summed E-state index contributed by atoms with van der Waals surface area (Å²) in [6.45, 7) is 2.77. The van der Waals surface area contributed by atoms with Crippen molar-refractivity contribution in [2.75, 3.05) is 5.32 Å². The Bertz CT molecular complexity index is 894. The van der Waals surface area contributed by atoms with Crippen molar-refractivity contribution in [3.05, 3.63) is 58.6 Å². The van der Waals surface area contributed by atoms with E-state index in [9.17, 15) is 4.79 Å². The van der Waals surface area contributed by atoms with Crippen molar-refractivity contribution < 1.29 is 4.79 Å². The molecule has 3 rings (SSSR count). The van der Waals surface area contributed by atoms with Gasteiger partial charge in [-0.1, -0.05) is 35.3 Å². The summed E-state index contributed by atoms with van der Waals surface area (Å²) in [5.74, 6) is 0.417. The molecule has 1 amide bonds. The van der Waals surface area contributed by atoms with E-state index < -0.39 is 0 Å². The zero-order valence-corrected chi connectivity index (χ0v) is 14.2. The van der Waals surface area contributed by atoms with Gasteiger partial charge in [-0.3, -0.25) is 4.79 Å². The highest BCUT2D eigenvalue weighted by Gasteiger charge is 2.11. The fourth-order valence-corrected chi connectivity index (χ4v) is 2.46. The van der Waals surface area contributed by atoms with Gasteiger partial charge >= 0.3 is 0 Å². The molecule has 8 heteroatoms. The molecule has 0 aliphatic rings. The Labute approximate surface area is 148 Å². The number of benzene rings is 1. The molecule has 0 saturated carbocycles. The van der Waals surface area contributed by atoms with E-state index in [1.54, 1.807) is 12.4 Å². The molecular formula is C16H13Cl2N5O. The fourth-order valence-electron chi connectivity index (χ4n) is 2.19. The molecule has 0 unspecified atom stereocenters. The first kappa shape index (κ1) is 16.4. The maximum atomic E-state index is 12.3. The molecule has 1 N–H and O–H groups in total. The van der Waals surface area contributed by atoms with Crippen molar-refractivity contribution in [1.82, 2.24) is 19.7 Å². The van der Waals surface area contributed by atoms with Crippen LogP contribution in [0.3, 0.4) is 0 Å². The highest BCUT2D eigenvalue weighted by molar-refractivity contribution is 6.41. The number of halogens is 2. The molecule has 0 bridgehead atoms. The molecule has 122 valence electrons. The van der Waals surface area contributed by atoms with Gasteiger partial charge in [0.05, 0.1) is 10.6 Å². The summed E-state index contributed by atoms with van der Waals surface area (Å²) in [6.07, 6.45) is 3.04. The minimum atomic E-state index is -0.324. The fraction of sp³-hybridized carbons (Fsp3) is 0.125. The molecule has 3 aromatic rings. The van der Waals surface area contributed by atoms with E-state index in [1.165, 1.54) is 12.3 Å². The second-order valence-electron chi connectivity index (χ2n) is 4.97. The minimum Gasteiger partial charge on any atom is -0.322 e. The number of carbonyl (C=O) groups is 1. The maximum Gasteiger partial charge on any atom is 0.257 e. The number of aromatic nitrogens is 4. The second-order valence-corrected chi connectivity index (χ2v) is 5.74. The molecule has 0 spiro atoms. The Kier molecular flexibility index (Phi) is 4.78. The average molecular weight is 362 g/mol. The lowest BCUT2D eigenvalue weighted by Gasteiger charge is -2.08. The summed E-state index contributed by atoms with van der Waals surface area (Å²) in [5, 5.41) is 11.2. The zero-order chi connectivity index (χ0) is 17.1. The van der Waals surface area contributed by atoms with Crippen LogP contribution in [0.1, 0.15) is 17.3 Å². The first-order valence-electron chi connectivity index (χ1n) is 7.19. The normalized spacial score (nSPS) is 10.6. The number of nitrogens with zero attached hydrogens (tertiary/aromatic N) is 4. The van der Waals surface area contributed by atoms with Gasteiger partial charge in [-0.2, -0.15) is 0 Å². The van der Waals surface area contributed by atoms with Crippen molar-refractivity contribution >= 4 is 34.8 Å². The summed E-state index contributed by atoms with van der Waals surface area (Å²) < 4.78 is 1.92. The van der Waals surface area contributed by atoms with Crippen LogP contribution >= 0.6 is 23.2 Å². The number of nitrogens with one attached hydrogen (secondary N) is 1. The predicted octanol–water partition coefficient (Wildman–Crippen LogP) is 3.92. The number of rotatable bonds is 4. The smallest absolute Gasteiger partial charge is 0.257 e. The Morgan fingerprint density at radius 1 is 1.29 bits per heavy atom. The minimum absolute atomic E-state index is 0.161. The van der Waals surface area contributed by atoms with E-state index in [-0.39, 0.29) is 16.1 Å². The van der Waals surface area contributed by atoms with Gasteiger partial charge in [-0.05, 0) is 25.1 Å². The number of amides is 1. The van der Waals surface area contributed by atoms with E-state index in [0.29, 0.717) is 11.3 Å². The van der Waals surface area contributed by atoms with Gasteiger partial charge in [0.25, 0.3) is 5.91 Å². The van der Waals surface area contributed by atoms with E-state index in [1.807, 2.05) is 29.7 Å². The topological polar surface area (TPSA) is 72.7 Å². The molecule has 24 heavy (non-hydrogen) atoms. The van der Waals surface area contributed by atoms with Gasteiger partial charge in [-0.25, -0.2) is 4.98 Å². The van der Waals surface area contributed by atoms with E-state index >= 15 is 0 Å². The predicted molar refractivity (Wildman–Crippen MR) is 93.3 cm³/mol. The standard InChI is InChI=1S/C16H13Cl2N5O/c1-2-23-9-20-22-15(23)10-4-3-5-12(6-10)21-16(24)11-7-13(17)14(18)19-8-11/h3-9H,2H2,1H3,(H,21,24). The molecular weight excluding hydrogens is 349 g/mol. The average Bonchev–Trinajstić information content (AvgIpc) is 3.06. The van der Waals surface area contributed by atoms with Gasteiger partial charge in [0.2, 0.25) is 0 Å². The SMILES string of the molecule is CCn1cnnc1-c1cccc(NC(=O)c2cnc(Cl)c(Cl)c2)c1. The molecule has 0 aliphatic carbocycles. The molecule has 2 heterocycles. The van der Waals surface area contributed by atoms with Gasteiger partial charge in [0.1, 0.15) is 11.5 Å². The van der Waals surface area contributed by atoms with Crippen LogP contribution in [0.5, 0.6) is 0 Å². The first-order chi connectivity index (χ1) is 11.6. The highest BCUT2D eigenvalue weighted by Crippen LogP contribution is 2.23. The summed E-state index contributed by atoms with van der Waals surface area (Å²) in [5.41, 5.74) is 1.82. The highest BCUT2D eigenvalue weighted by atomic mass is 35.5. The Morgan fingerprint density at radius 3 is 2.88 bits per heavy atom. The molecule has 1 aromatic carbocycles. The van der Waals surface area contributed by atoms with Crippen LogP contribution in [-0.4, -0.2) is 25.7 Å². The van der Waals surface area contributed by atoms with Crippen molar-refractivity contribution in [2.45, 2.75) is 13.5 Å². The second kappa shape index (κ2) is 6.98. The maximum absolute atomic E-state index is 12.3. The third-order valence-electron chi connectivity index (χ3n) is 3.39. The van der Waals surface area contributed by atoms with Crippen molar-refractivity contribution in [3.8, 4) is 11.4 Å². The third kappa shape index (κ3) is 3.39. The van der Waals surface area contributed by atoms with Crippen molar-refractivity contribution in [2.24, 2.45) is 0 Å². The van der Waals surface area contributed by atoms with Crippen LogP contribution in [0.15, 0.2) is 42.9 Å². The lowest BCUT2D eigenvalue weighted by Crippen LogP contribution is -2.12. The van der Waals surface area contributed by atoms with Crippen molar-refractivity contribution in [3.63, 3.8) is 0 Å². The number of aryl methyl sites for hydroxylation is 1. The molecule has 0 aliphatic heterocycles. The monoisotopic (exact) mass is 361 g/mol. The van der Waals surface area contributed by atoms with E-state index in [0.717, 1.165) is 17.9 Å². The number of pyridine rings is 1. The number of carbonyl (C=O) groups excluding carboxylic acids is 1. The lowest BCUT2D eigenvalue weighted by molar-refractivity contribution is 0.102. The van der Waals surface area contributed by atoms with Crippen LogP contribution in [0.2, 0.25) is 10.2 Å². The summed E-state index contributed by atoms with van der Waals surface area (Å²) in [4.78, 5) is 16.2. The zero-order valence-electron chi connectivity index (χ0n) is 12.7. The lowest BCUT2D eigenvalue weighted by atomic mass is 10.1. The van der Waals surface area contributed by atoms with Gasteiger partial charge in [0, 0.05) is 24.0 Å². The van der Waals surface area contributed by atoms with Crippen LogP contribution in [0, 0.1) is 0 Å².